The average molecular weight is 408 g/mol. The summed E-state index contributed by atoms with van der Waals surface area (Å²) in [5.74, 6) is 0.517. The first-order valence-corrected chi connectivity index (χ1v) is 9.67. The molecule has 0 radical (unpaired) electrons. The molecule has 8 heteroatoms. The van der Waals surface area contributed by atoms with Gasteiger partial charge >= 0.3 is 0 Å². The van der Waals surface area contributed by atoms with Crippen molar-refractivity contribution in [2.75, 3.05) is 7.05 Å². The summed E-state index contributed by atoms with van der Waals surface area (Å²) in [5, 5.41) is 18.2. The molecule has 3 N–H and O–H groups in total. The van der Waals surface area contributed by atoms with Crippen LogP contribution in [-0.2, 0) is 0 Å². The lowest BCUT2D eigenvalue weighted by atomic mass is 10.0. The Morgan fingerprint density at radius 2 is 1.77 bits per heavy atom. The van der Waals surface area contributed by atoms with Crippen LogP contribution in [0.3, 0.4) is 0 Å². The van der Waals surface area contributed by atoms with E-state index in [0.29, 0.717) is 34.3 Å². The summed E-state index contributed by atoms with van der Waals surface area (Å²) in [6, 6.07) is 9.21. The van der Waals surface area contributed by atoms with Crippen LogP contribution < -0.4 is 5.32 Å². The summed E-state index contributed by atoms with van der Waals surface area (Å²) in [6.45, 7) is 4.14. The van der Waals surface area contributed by atoms with E-state index in [1.165, 1.54) is 18.2 Å². The molecule has 30 heavy (non-hydrogen) atoms. The summed E-state index contributed by atoms with van der Waals surface area (Å²) >= 11 is 0. The predicted octanol–water partition coefficient (Wildman–Crippen LogP) is 4.71. The van der Waals surface area contributed by atoms with Gasteiger partial charge in [-0.3, -0.25) is 10.2 Å². The molecule has 6 nitrogen and oxygen atoms in total. The molecule has 0 aliphatic rings. The van der Waals surface area contributed by atoms with Crippen LogP contribution in [-0.4, -0.2) is 32.4 Å². The standard InChI is InChI=1S/C22H22F2N6/c1-12(2)20(25-3)22-26-21(29-30-22)15-10-16-18(27-28-19(16)11-17(15)24)9-6-13-4-7-14(23)8-5-13/h4-12,20,25H,1-3H3,(H,27,28)(H,26,29,30)/b9-6+/t20-/m0/s1. The molecule has 2 heterocycles. The second kappa shape index (κ2) is 8.16. The zero-order valence-electron chi connectivity index (χ0n) is 16.9. The minimum absolute atomic E-state index is 0.0128. The number of aromatic amines is 2. The minimum Gasteiger partial charge on any atom is -0.310 e. The van der Waals surface area contributed by atoms with Gasteiger partial charge in [-0.1, -0.05) is 32.1 Å². The number of hydrogen-bond donors (Lipinski definition) is 3. The van der Waals surface area contributed by atoms with E-state index in [1.807, 2.05) is 13.1 Å². The Balaban J connectivity index is 1.70. The molecule has 0 saturated carbocycles. The minimum atomic E-state index is -0.434. The van der Waals surface area contributed by atoms with Gasteiger partial charge in [-0.25, -0.2) is 13.8 Å². The van der Waals surface area contributed by atoms with Crippen molar-refractivity contribution >= 4 is 23.1 Å². The SMILES string of the molecule is CN[C@H](c1nc(-c2cc3c(/C=C/c4ccc(F)cc4)n[nH]c3cc2F)n[nH]1)C(C)C. The number of rotatable bonds is 6. The number of aromatic nitrogens is 5. The molecule has 0 bridgehead atoms. The number of H-pyrrole nitrogens is 2. The van der Waals surface area contributed by atoms with Crippen LogP contribution in [0, 0.1) is 17.6 Å². The highest BCUT2D eigenvalue weighted by Crippen LogP contribution is 2.28. The van der Waals surface area contributed by atoms with Gasteiger partial charge in [-0.05, 0) is 42.8 Å². The number of benzene rings is 2. The third-order valence-electron chi connectivity index (χ3n) is 5.00. The monoisotopic (exact) mass is 408 g/mol. The number of fused-ring (bicyclic) bond motifs is 1. The topological polar surface area (TPSA) is 82.3 Å². The highest BCUT2D eigenvalue weighted by atomic mass is 19.1. The molecule has 0 amide bonds. The Bertz CT molecular complexity index is 1190. The summed E-state index contributed by atoms with van der Waals surface area (Å²) in [7, 11) is 1.85. The van der Waals surface area contributed by atoms with Crippen molar-refractivity contribution in [1.82, 2.24) is 30.7 Å². The fourth-order valence-corrected chi connectivity index (χ4v) is 3.43. The Hall–Kier alpha value is -3.39. The molecule has 0 aliphatic carbocycles. The van der Waals surface area contributed by atoms with Gasteiger partial charge in [0.2, 0.25) is 0 Å². The van der Waals surface area contributed by atoms with Crippen molar-refractivity contribution < 1.29 is 8.78 Å². The second-order valence-electron chi connectivity index (χ2n) is 7.43. The maximum atomic E-state index is 14.7. The Morgan fingerprint density at radius 3 is 2.47 bits per heavy atom. The van der Waals surface area contributed by atoms with Crippen LogP contribution in [0.5, 0.6) is 0 Å². The van der Waals surface area contributed by atoms with Crippen molar-refractivity contribution in [2.24, 2.45) is 5.92 Å². The van der Waals surface area contributed by atoms with Crippen LogP contribution in [0.15, 0.2) is 36.4 Å². The molecule has 0 spiro atoms. The van der Waals surface area contributed by atoms with Gasteiger partial charge in [-0.15, -0.1) is 0 Å². The lowest BCUT2D eigenvalue weighted by Gasteiger charge is -2.16. The van der Waals surface area contributed by atoms with E-state index < -0.39 is 5.82 Å². The lowest BCUT2D eigenvalue weighted by Crippen LogP contribution is -2.22. The molecule has 4 aromatic rings. The summed E-state index contributed by atoms with van der Waals surface area (Å²) in [5.41, 5.74) is 2.34. The average Bonchev–Trinajstić information content (AvgIpc) is 3.34. The number of nitrogens with zero attached hydrogens (tertiary/aromatic N) is 3. The van der Waals surface area contributed by atoms with E-state index in [0.717, 1.165) is 10.9 Å². The third-order valence-corrected chi connectivity index (χ3v) is 5.00. The predicted molar refractivity (Wildman–Crippen MR) is 113 cm³/mol. The molecule has 0 fully saturated rings. The van der Waals surface area contributed by atoms with Gasteiger partial charge in [0.25, 0.3) is 0 Å². The first-order valence-electron chi connectivity index (χ1n) is 9.67. The molecular formula is C22H22F2N6. The quantitative estimate of drug-likeness (QED) is 0.431. The number of halogens is 2. The number of hydrogen-bond acceptors (Lipinski definition) is 4. The molecule has 154 valence electrons. The molecule has 4 rings (SSSR count). The third kappa shape index (κ3) is 3.86. The molecular weight excluding hydrogens is 386 g/mol. The van der Waals surface area contributed by atoms with Crippen molar-refractivity contribution in [1.29, 1.82) is 0 Å². The summed E-state index contributed by atoms with van der Waals surface area (Å²) in [4.78, 5) is 4.50. The van der Waals surface area contributed by atoms with Crippen LogP contribution >= 0.6 is 0 Å². The molecule has 1 atom stereocenters. The van der Waals surface area contributed by atoms with Crippen LogP contribution in [0.4, 0.5) is 8.78 Å². The zero-order valence-corrected chi connectivity index (χ0v) is 16.9. The highest BCUT2D eigenvalue weighted by Gasteiger charge is 2.20. The van der Waals surface area contributed by atoms with Gasteiger partial charge in [0.1, 0.15) is 17.5 Å². The molecule has 0 saturated heterocycles. The summed E-state index contributed by atoms with van der Waals surface area (Å²) in [6.07, 6.45) is 3.62. The Labute approximate surface area is 172 Å². The van der Waals surface area contributed by atoms with Gasteiger partial charge in [0, 0.05) is 11.5 Å². The van der Waals surface area contributed by atoms with E-state index in [2.05, 4.69) is 44.5 Å². The van der Waals surface area contributed by atoms with Crippen molar-refractivity contribution in [3.8, 4) is 11.4 Å². The number of nitrogens with one attached hydrogen (secondary N) is 3. The van der Waals surface area contributed by atoms with Crippen LogP contribution in [0.1, 0.15) is 37.0 Å². The van der Waals surface area contributed by atoms with Gasteiger partial charge in [0.15, 0.2) is 5.82 Å². The smallest absolute Gasteiger partial charge is 0.184 e. The second-order valence-corrected chi connectivity index (χ2v) is 7.43. The lowest BCUT2D eigenvalue weighted by molar-refractivity contribution is 0.424. The van der Waals surface area contributed by atoms with E-state index >= 15 is 0 Å². The first-order chi connectivity index (χ1) is 14.5. The Morgan fingerprint density at radius 1 is 1.00 bits per heavy atom. The van der Waals surface area contributed by atoms with Gasteiger partial charge in [-0.2, -0.15) is 10.2 Å². The molecule has 2 aromatic carbocycles. The van der Waals surface area contributed by atoms with E-state index in [9.17, 15) is 8.78 Å². The Kier molecular flexibility index (Phi) is 5.41. The van der Waals surface area contributed by atoms with Gasteiger partial charge in [0.05, 0.1) is 22.8 Å². The molecule has 0 aliphatic heterocycles. The van der Waals surface area contributed by atoms with E-state index in [4.69, 9.17) is 0 Å². The van der Waals surface area contributed by atoms with Crippen LogP contribution in [0.2, 0.25) is 0 Å². The highest BCUT2D eigenvalue weighted by molar-refractivity contribution is 5.92. The largest absolute Gasteiger partial charge is 0.310 e. The maximum absolute atomic E-state index is 14.7. The van der Waals surface area contributed by atoms with Gasteiger partial charge < -0.3 is 5.32 Å². The summed E-state index contributed by atoms with van der Waals surface area (Å²) < 4.78 is 27.8. The van der Waals surface area contributed by atoms with Crippen molar-refractivity contribution in [3.05, 3.63) is 65.1 Å². The molecule has 0 unspecified atom stereocenters. The fraction of sp³-hybridized carbons (Fsp3) is 0.227. The normalized spacial score (nSPS) is 13.0. The van der Waals surface area contributed by atoms with Crippen LogP contribution in [0.25, 0.3) is 34.4 Å². The maximum Gasteiger partial charge on any atom is 0.184 e. The van der Waals surface area contributed by atoms with Crippen molar-refractivity contribution in [3.63, 3.8) is 0 Å². The van der Waals surface area contributed by atoms with E-state index in [1.54, 1.807) is 24.3 Å². The molecule has 2 aromatic heterocycles. The fourth-order valence-electron chi connectivity index (χ4n) is 3.43. The van der Waals surface area contributed by atoms with E-state index in [-0.39, 0.29) is 11.9 Å². The first kappa shape index (κ1) is 19.9. The zero-order chi connectivity index (χ0) is 21.3. The van der Waals surface area contributed by atoms with Crippen molar-refractivity contribution in [2.45, 2.75) is 19.9 Å².